The number of likely N-dealkylation sites (tertiary alicyclic amines) is 1. The fourth-order valence-electron chi connectivity index (χ4n) is 2.94. The van der Waals surface area contributed by atoms with E-state index in [-0.39, 0.29) is 12.5 Å². The van der Waals surface area contributed by atoms with Crippen LogP contribution in [0.1, 0.15) is 35.3 Å². The van der Waals surface area contributed by atoms with Gasteiger partial charge in [0.05, 0.1) is 11.3 Å². The van der Waals surface area contributed by atoms with Crippen molar-refractivity contribution in [3.05, 3.63) is 28.5 Å². The third kappa shape index (κ3) is 4.18. The average molecular weight is 326 g/mol. The van der Waals surface area contributed by atoms with Gasteiger partial charge in [-0.1, -0.05) is 11.6 Å². The van der Waals surface area contributed by atoms with Crippen molar-refractivity contribution in [2.24, 2.45) is 0 Å². The van der Waals surface area contributed by atoms with E-state index in [4.69, 9.17) is 16.7 Å². The van der Waals surface area contributed by atoms with Gasteiger partial charge >= 0.3 is 0 Å². The third-order valence-corrected chi connectivity index (χ3v) is 4.54. The molecule has 0 saturated carbocycles. The molecule has 1 N–H and O–H groups in total. The fraction of sp³-hybridized carbons (Fsp3) is 0.625. The second-order valence-electron chi connectivity index (χ2n) is 5.85. The molecule has 0 radical (unpaired) electrons. The lowest BCUT2D eigenvalue weighted by Crippen LogP contribution is -2.46. The standard InChI is InChI=1S/C16H24ClN3O2/c1-12-14(4-5-15(17)18-12)16(22)20-9-6-13(7-10-20)19(2)8-3-11-21/h4-5,13,21H,3,6-11H2,1-2H3. The van der Waals surface area contributed by atoms with E-state index in [1.165, 1.54) is 0 Å². The zero-order valence-electron chi connectivity index (χ0n) is 13.3. The largest absolute Gasteiger partial charge is 0.396 e. The number of rotatable bonds is 5. The molecule has 0 aromatic carbocycles. The third-order valence-electron chi connectivity index (χ3n) is 4.33. The number of carbonyl (C=O) groups excluding carboxylic acids is 1. The zero-order valence-corrected chi connectivity index (χ0v) is 14.0. The highest BCUT2D eigenvalue weighted by Crippen LogP contribution is 2.19. The summed E-state index contributed by atoms with van der Waals surface area (Å²) in [4.78, 5) is 20.9. The monoisotopic (exact) mass is 325 g/mol. The Bertz CT molecular complexity index is 516. The molecule has 0 aliphatic carbocycles. The summed E-state index contributed by atoms with van der Waals surface area (Å²) in [5.41, 5.74) is 1.32. The summed E-state index contributed by atoms with van der Waals surface area (Å²) in [7, 11) is 2.09. The number of hydrogen-bond acceptors (Lipinski definition) is 4. The minimum atomic E-state index is 0.0399. The van der Waals surface area contributed by atoms with Crippen LogP contribution < -0.4 is 0 Å². The van der Waals surface area contributed by atoms with Crippen LogP contribution in [0.4, 0.5) is 0 Å². The number of aliphatic hydroxyl groups is 1. The van der Waals surface area contributed by atoms with Gasteiger partial charge in [-0.05, 0) is 45.4 Å². The van der Waals surface area contributed by atoms with Gasteiger partial charge < -0.3 is 14.9 Å². The maximum absolute atomic E-state index is 12.6. The lowest BCUT2D eigenvalue weighted by atomic mass is 10.0. The van der Waals surface area contributed by atoms with Gasteiger partial charge in [0.25, 0.3) is 5.91 Å². The van der Waals surface area contributed by atoms with Gasteiger partial charge in [0, 0.05) is 32.3 Å². The molecule has 0 bridgehead atoms. The number of halogens is 1. The zero-order chi connectivity index (χ0) is 16.1. The summed E-state index contributed by atoms with van der Waals surface area (Å²) >= 11 is 5.84. The molecular weight excluding hydrogens is 302 g/mol. The molecule has 0 atom stereocenters. The van der Waals surface area contributed by atoms with Gasteiger partial charge in [0.1, 0.15) is 5.15 Å². The van der Waals surface area contributed by atoms with Crippen LogP contribution in [0.2, 0.25) is 5.15 Å². The average Bonchev–Trinajstić information content (AvgIpc) is 2.52. The first-order chi connectivity index (χ1) is 10.5. The Morgan fingerprint density at radius 1 is 1.45 bits per heavy atom. The quantitative estimate of drug-likeness (QED) is 0.841. The predicted molar refractivity (Wildman–Crippen MR) is 87.2 cm³/mol. The Hall–Kier alpha value is -1.17. The maximum Gasteiger partial charge on any atom is 0.255 e. The van der Waals surface area contributed by atoms with Crippen LogP contribution in [-0.2, 0) is 0 Å². The molecule has 2 rings (SSSR count). The number of piperidine rings is 1. The van der Waals surface area contributed by atoms with Crippen LogP contribution >= 0.6 is 11.6 Å². The van der Waals surface area contributed by atoms with Gasteiger partial charge in [-0.2, -0.15) is 0 Å². The molecule has 1 aromatic rings. The molecule has 1 saturated heterocycles. The second kappa shape index (κ2) is 7.90. The maximum atomic E-state index is 12.6. The summed E-state index contributed by atoms with van der Waals surface area (Å²) in [5.74, 6) is 0.0399. The minimum Gasteiger partial charge on any atom is -0.396 e. The van der Waals surface area contributed by atoms with E-state index >= 15 is 0 Å². The number of aryl methyl sites for hydroxylation is 1. The van der Waals surface area contributed by atoms with Crippen molar-refractivity contribution in [2.75, 3.05) is 33.3 Å². The Kier molecular flexibility index (Phi) is 6.17. The molecule has 2 heterocycles. The summed E-state index contributed by atoms with van der Waals surface area (Å²) in [5, 5.41) is 9.32. The number of aromatic nitrogens is 1. The smallest absolute Gasteiger partial charge is 0.255 e. The predicted octanol–water partition coefficient (Wildman–Crippen LogP) is 1.96. The number of carbonyl (C=O) groups is 1. The van der Waals surface area contributed by atoms with E-state index in [2.05, 4.69) is 16.9 Å². The van der Waals surface area contributed by atoms with E-state index in [0.29, 0.717) is 22.5 Å². The second-order valence-corrected chi connectivity index (χ2v) is 6.24. The molecular formula is C16H24ClN3O2. The molecule has 6 heteroatoms. The van der Waals surface area contributed by atoms with Crippen LogP contribution in [0.15, 0.2) is 12.1 Å². The van der Waals surface area contributed by atoms with Crippen LogP contribution in [0.5, 0.6) is 0 Å². The van der Waals surface area contributed by atoms with Crippen LogP contribution in [0.25, 0.3) is 0 Å². The fourth-order valence-corrected chi connectivity index (χ4v) is 3.13. The minimum absolute atomic E-state index is 0.0399. The molecule has 0 spiro atoms. The highest BCUT2D eigenvalue weighted by atomic mass is 35.5. The molecule has 22 heavy (non-hydrogen) atoms. The highest BCUT2D eigenvalue weighted by molar-refractivity contribution is 6.29. The normalized spacial score (nSPS) is 16.3. The molecule has 122 valence electrons. The van der Waals surface area contributed by atoms with E-state index in [9.17, 15) is 4.79 Å². The molecule has 5 nitrogen and oxygen atoms in total. The number of hydrogen-bond donors (Lipinski definition) is 1. The molecule has 0 unspecified atom stereocenters. The molecule has 1 amide bonds. The van der Waals surface area contributed by atoms with Crippen molar-refractivity contribution >= 4 is 17.5 Å². The number of pyridine rings is 1. The lowest BCUT2D eigenvalue weighted by Gasteiger charge is -2.37. The Morgan fingerprint density at radius 3 is 2.73 bits per heavy atom. The van der Waals surface area contributed by atoms with E-state index in [1.807, 2.05) is 11.8 Å². The Labute approximate surface area is 136 Å². The van der Waals surface area contributed by atoms with Crippen molar-refractivity contribution in [1.82, 2.24) is 14.8 Å². The first-order valence-electron chi connectivity index (χ1n) is 7.76. The number of amides is 1. The number of nitrogens with zero attached hydrogens (tertiary/aromatic N) is 3. The summed E-state index contributed by atoms with van der Waals surface area (Å²) in [6.07, 6.45) is 2.73. The van der Waals surface area contributed by atoms with Gasteiger partial charge in [-0.3, -0.25) is 4.79 Å². The van der Waals surface area contributed by atoms with Crippen molar-refractivity contribution < 1.29 is 9.90 Å². The van der Waals surface area contributed by atoms with Gasteiger partial charge in [0.15, 0.2) is 0 Å². The van der Waals surface area contributed by atoms with Crippen LogP contribution in [-0.4, -0.2) is 65.1 Å². The van der Waals surface area contributed by atoms with Gasteiger partial charge in [-0.15, -0.1) is 0 Å². The lowest BCUT2D eigenvalue weighted by molar-refractivity contribution is 0.0640. The molecule has 1 fully saturated rings. The Balaban J connectivity index is 1.92. The SMILES string of the molecule is Cc1nc(Cl)ccc1C(=O)N1CCC(N(C)CCCO)CC1. The topological polar surface area (TPSA) is 56.7 Å². The molecule has 1 aliphatic heterocycles. The first kappa shape index (κ1) is 17.2. The van der Waals surface area contributed by atoms with Crippen LogP contribution in [0, 0.1) is 6.92 Å². The number of aliphatic hydroxyl groups excluding tert-OH is 1. The van der Waals surface area contributed by atoms with Crippen molar-refractivity contribution in [3.63, 3.8) is 0 Å². The first-order valence-corrected chi connectivity index (χ1v) is 8.14. The Morgan fingerprint density at radius 2 is 2.14 bits per heavy atom. The molecule has 1 aromatic heterocycles. The van der Waals surface area contributed by atoms with Crippen molar-refractivity contribution in [3.8, 4) is 0 Å². The van der Waals surface area contributed by atoms with Crippen molar-refractivity contribution in [1.29, 1.82) is 0 Å². The van der Waals surface area contributed by atoms with E-state index in [0.717, 1.165) is 38.9 Å². The molecule has 1 aliphatic rings. The van der Waals surface area contributed by atoms with Gasteiger partial charge in [0.2, 0.25) is 0 Å². The van der Waals surface area contributed by atoms with Crippen LogP contribution in [0.3, 0.4) is 0 Å². The van der Waals surface area contributed by atoms with E-state index in [1.54, 1.807) is 12.1 Å². The van der Waals surface area contributed by atoms with Gasteiger partial charge in [-0.25, -0.2) is 4.98 Å². The summed E-state index contributed by atoms with van der Waals surface area (Å²) in [6.45, 7) is 4.46. The summed E-state index contributed by atoms with van der Waals surface area (Å²) in [6, 6.07) is 3.91. The van der Waals surface area contributed by atoms with E-state index < -0.39 is 0 Å². The highest BCUT2D eigenvalue weighted by Gasteiger charge is 2.26. The summed E-state index contributed by atoms with van der Waals surface area (Å²) < 4.78 is 0. The van der Waals surface area contributed by atoms with Crippen molar-refractivity contribution in [2.45, 2.75) is 32.2 Å².